The van der Waals surface area contributed by atoms with Crippen molar-refractivity contribution in [3.05, 3.63) is 41.8 Å². The molecule has 0 aliphatic rings. The van der Waals surface area contributed by atoms with Gasteiger partial charge in [-0.2, -0.15) is 0 Å². The smallest absolute Gasteiger partial charge is 0.0181 e. The molecule has 0 saturated carbocycles. The fourth-order valence-electron chi connectivity index (χ4n) is 6.75. The van der Waals surface area contributed by atoms with Gasteiger partial charge in [0, 0.05) is 0 Å². The monoisotopic (exact) mass is 585 g/mol. The van der Waals surface area contributed by atoms with Crippen molar-refractivity contribution >= 4 is 0 Å². The summed E-state index contributed by atoms with van der Waals surface area (Å²) in [5, 5.41) is 0. The number of hydrogen-bond acceptors (Lipinski definition) is 1. The second kappa shape index (κ2) is 30.2. The van der Waals surface area contributed by atoms with Gasteiger partial charge in [0.1, 0.15) is 0 Å². The molecule has 1 radical (unpaired) electrons. The van der Waals surface area contributed by atoms with E-state index in [2.05, 4.69) is 58.0 Å². The van der Waals surface area contributed by atoms with Gasteiger partial charge in [0.25, 0.3) is 0 Å². The average Bonchev–Trinajstić information content (AvgIpc) is 2.97. The van der Waals surface area contributed by atoms with Crippen molar-refractivity contribution in [2.24, 2.45) is 5.41 Å². The lowest BCUT2D eigenvalue weighted by molar-refractivity contribution is 0.329. The lowest BCUT2D eigenvalue weighted by Crippen LogP contribution is -2.25. The zero-order valence-electron chi connectivity index (χ0n) is 29.6. The van der Waals surface area contributed by atoms with Gasteiger partial charge in [0.15, 0.2) is 0 Å². The molecule has 0 amide bonds. The minimum Gasteiger partial charge on any atom is -0.344 e. The Bertz CT molecular complexity index is 636. The maximum atomic E-state index is 2.53. The van der Waals surface area contributed by atoms with E-state index in [1.54, 1.807) is 0 Å². The average molecular weight is 585 g/mol. The highest BCUT2D eigenvalue weighted by atomic mass is 14.3. The summed E-state index contributed by atoms with van der Waals surface area (Å²) in [6, 6.07) is 11.2. The van der Waals surface area contributed by atoms with Crippen molar-refractivity contribution in [3.8, 4) is 0 Å². The summed E-state index contributed by atoms with van der Waals surface area (Å²) in [5.74, 6) is 1.85. The van der Waals surface area contributed by atoms with Crippen LogP contribution in [0.1, 0.15) is 213 Å². The fourth-order valence-corrected chi connectivity index (χ4v) is 6.75. The predicted octanol–water partition coefficient (Wildman–Crippen LogP) is 15.0. The predicted molar refractivity (Wildman–Crippen MR) is 193 cm³/mol. The molecule has 0 aromatic heterocycles. The standard InChI is InChI=1S/C41H75.H3N/c1-5-7-9-11-13-15-17-19-20-22-24-26-28-33-37-40(41(3,4)38-39-34-30-29-31-35-39)36-32-27-25-23-21-18-16-14-12-10-8-6-2;/h29-31,34-35H,5-28,32-33,36-38H2,1-4H3;1H3. The van der Waals surface area contributed by atoms with Crippen molar-refractivity contribution in [2.45, 2.75) is 214 Å². The molecule has 0 bridgehead atoms. The summed E-state index contributed by atoms with van der Waals surface area (Å²) < 4.78 is 0. The van der Waals surface area contributed by atoms with Gasteiger partial charge in [-0.25, -0.2) is 0 Å². The van der Waals surface area contributed by atoms with Gasteiger partial charge in [-0.05, 0) is 36.2 Å². The first-order valence-corrected chi connectivity index (χ1v) is 19.0. The van der Waals surface area contributed by atoms with Crippen LogP contribution in [0.25, 0.3) is 0 Å². The molecule has 1 aromatic rings. The molecule has 1 aromatic carbocycles. The first-order valence-electron chi connectivity index (χ1n) is 19.0. The van der Waals surface area contributed by atoms with Crippen molar-refractivity contribution in [1.82, 2.24) is 6.15 Å². The van der Waals surface area contributed by atoms with Gasteiger partial charge in [0.2, 0.25) is 0 Å². The molecular formula is C41H78N. The topological polar surface area (TPSA) is 35.0 Å². The number of rotatable bonds is 31. The third-order valence-corrected chi connectivity index (χ3v) is 9.61. The Morgan fingerprint density at radius 2 is 0.714 bits per heavy atom. The molecule has 0 atom stereocenters. The largest absolute Gasteiger partial charge is 0.344 e. The van der Waals surface area contributed by atoms with Crippen molar-refractivity contribution in [1.29, 1.82) is 0 Å². The highest BCUT2D eigenvalue weighted by Gasteiger charge is 2.29. The van der Waals surface area contributed by atoms with E-state index >= 15 is 0 Å². The number of hydrogen-bond donors (Lipinski definition) is 1. The third-order valence-electron chi connectivity index (χ3n) is 9.61. The Kier molecular flexibility index (Phi) is 29.6. The van der Waals surface area contributed by atoms with Crippen molar-refractivity contribution in [3.63, 3.8) is 0 Å². The van der Waals surface area contributed by atoms with Gasteiger partial charge < -0.3 is 6.15 Å². The molecule has 3 N–H and O–H groups in total. The lowest BCUT2D eigenvalue weighted by Gasteiger charge is -2.35. The van der Waals surface area contributed by atoms with Gasteiger partial charge in [-0.3, -0.25) is 0 Å². The molecule has 0 aliphatic carbocycles. The van der Waals surface area contributed by atoms with Crippen LogP contribution in [-0.2, 0) is 6.42 Å². The van der Waals surface area contributed by atoms with Crippen LogP contribution in [0.2, 0.25) is 0 Å². The first kappa shape index (κ1) is 41.2. The van der Waals surface area contributed by atoms with E-state index in [-0.39, 0.29) is 6.15 Å². The Labute approximate surface area is 266 Å². The highest BCUT2D eigenvalue weighted by molar-refractivity contribution is 5.19. The van der Waals surface area contributed by atoms with Crippen LogP contribution < -0.4 is 6.15 Å². The maximum absolute atomic E-state index is 2.53. The molecule has 247 valence electrons. The van der Waals surface area contributed by atoms with Gasteiger partial charge >= 0.3 is 0 Å². The lowest BCUT2D eigenvalue weighted by atomic mass is 9.70. The highest BCUT2D eigenvalue weighted by Crippen LogP contribution is 2.40. The SMILES string of the molecule is CCCCCCCCCCCCCCCC[C](CCCCCCCCCCCCCC)C(C)(C)Cc1ccccc1.N. The maximum Gasteiger partial charge on any atom is -0.0181 e. The molecule has 0 fully saturated rings. The first-order chi connectivity index (χ1) is 20.1. The van der Waals surface area contributed by atoms with Gasteiger partial charge in [-0.1, -0.05) is 225 Å². The van der Waals surface area contributed by atoms with Crippen molar-refractivity contribution < 1.29 is 0 Å². The Morgan fingerprint density at radius 1 is 0.429 bits per heavy atom. The Balaban J connectivity index is 0.0000168. The summed E-state index contributed by atoms with van der Waals surface area (Å²) in [5.41, 5.74) is 1.82. The van der Waals surface area contributed by atoms with E-state index in [1.165, 1.54) is 192 Å². The van der Waals surface area contributed by atoms with Gasteiger partial charge in [-0.15, -0.1) is 0 Å². The zero-order chi connectivity index (χ0) is 29.7. The minimum atomic E-state index is 0. The quantitative estimate of drug-likeness (QED) is 0.0865. The van der Waals surface area contributed by atoms with E-state index < -0.39 is 0 Å². The van der Waals surface area contributed by atoms with Crippen LogP contribution in [0.15, 0.2) is 30.3 Å². The molecular weight excluding hydrogens is 506 g/mol. The van der Waals surface area contributed by atoms with Crippen LogP contribution in [-0.4, -0.2) is 0 Å². The molecule has 0 heterocycles. The summed E-state index contributed by atoms with van der Waals surface area (Å²) in [7, 11) is 0. The summed E-state index contributed by atoms with van der Waals surface area (Å²) in [4.78, 5) is 0. The van der Waals surface area contributed by atoms with Crippen LogP contribution in [0.5, 0.6) is 0 Å². The normalized spacial score (nSPS) is 11.7. The molecule has 1 nitrogen and oxygen atoms in total. The molecule has 1 heteroatoms. The zero-order valence-corrected chi connectivity index (χ0v) is 29.6. The molecule has 0 unspecified atom stereocenters. The third kappa shape index (κ3) is 24.6. The summed E-state index contributed by atoms with van der Waals surface area (Å²) in [6.07, 6.45) is 41.5. The molecule has 42 heavy (non-hydrogen) atoms. The van der Waals surface area contributed by atoms with E-state index in [9.17, 15) is 0 Å². The number of benzene rings is 1. The van der Waals surface area contributed by atoms with Gasteiger partial charge in [0.05, 0.1) is 0 Å². The van der Waals surface area contributed by atoms with E-state index in [1.807, 2.05) is 5.92 Å². The second-order valence-electron chi connectivity index (χ2n) is 14.1. The molecule has 0 spiro atoms. The van der Waals surface area contributed by atoms with Crippen LogP contribution in [0.3, 0.4) is 0 Å². The summed E-state index contributed by atoms with van der Waals surface area (Å²) >= 11 is 0. The van der Waals surface area contributed by atoms with Crippen LogP contribution >= 0.6 is 0 Å². The molecule has 1 rings (SSSR count). The Hall–Kier alpha value is -0.820. The minimum absolute atomic E-state index is 0. The number of unbranched alkanes of at least 4 members (excludes halogenated alkanes) is 24. The van der Waals surface area contributed by atoms with Crippen LogP contribution in [0, 0.1) is 11.3 Å². The van der Waals surface area contributed by atoms with E-state index in [4.69, 9.17) is 0 Å². The van der Waals surface area contributed by atoms with Crippen molar-refractivity contribution in [2.75, 3.05) is 0 Å². The van der Waals surface area contributed by atoms with Crippen LogP contribution in [0.4, 0.5) is 0 Å². The summed E-state index contributed by atoms with van der Waals surface area (Å²) in [6.45, 7) is 9.68. The van der Waals surface area contributed by atoms with E-state index in [0.717, 1.165) is 0 Å². The van der Waals surface area contributed by atoms with E-state index in [0.29, 0.717) is 5.41 Å². The molecule has 0 saturated heterocycles. The molecule has 0 aliphatic heterocycles. The second-order valence-corrected chi connectivity index (χ2v) is 14.1. The Morgan fingerprint density at radius 3 is 1.02 bits per heavy atom. The fraction of sp³-hybridized carbons (Fsp3) is 0.829.